The second kappa shape index (κ2) is 6.00. The molecule has 4 rings (SSSR count). The second-order valence-electron chi connectivity index (χ2n) is 6.58. The lowest BCUT2D eigenvalue weighted by Crippen LogP contribution is -2.59. The highest BCUT2D eigenvalue weighted by molar-refractivity contribution is 5.94. The standard InChI is InChI=1S/C18H20N4O3/c1-21-11-14(13-5-3-2-4-6-13)18(17(21)24)12-22(9-10-25-18)16(23)15-7-8-19-20-15/h2-8,14H,9-12H2,1H3,(H,19,20). The topological polar surface area (TPSA) is 78.5 Å². The first kappa shape index (κ1) is 15.8. The summed E-state index contributed by atoms with van der Waals surface area (Å²) in [5.74, 6) is -0.332. The van der Waals surface area contributed by atoms with Crippen LogP contribution in [0.3, 0.4) is 0 Å². The molecule has 0 saturated carbocycles. The molecule has 0 radical (unpaired) electrons. The average molecular weight is 340 g/mol. The van der Waals surface area contributed by atoms with Crippen molar-refractivity contribution in [2.24, 2.45) is 0 Å². The van der Waals surface area contributed by atoms with E-state index in [2.05, 4.69) is 10.2 Å². The summed E-state index contributed by atoms with van der Waals surface area (Å²) in [4.78, 5) is 29.1. The van der Waals surface area contributed by atoms with E-state index in [1.807, 2.05) is 30.3 Å². The Labute approximate surface area is 145 Å². The van der Waals surface area contributed by atoms with Gasteiger partial charge in [0.1, 0.15) is 5.69 Å². The number of likely N-dealkylation sites (N-methyl/N-ethyl adjacent to an activating group) is 1. The van der Waals surface area contributed by atoms with Crippen LogP contribution in [0, 0.1) is 0 Å². The zero-order valence-corrected chi connectivity index (χ0v) is 14.0. The third-order valence-electron chi connectivity index (χ3n) is 5.09. The van der Waals surface area contributed by atoms with Gasteiger partial charge in [-0.15, -0.1) is 0 Å². The van der Waals surface area contributed by atoms with Crippen LogP contribution in [-0.4, -0.2) is 70.7 Å². The molecular formula is C18H20N4O3. The predicted octanol–water partition coefficient (Wildman–Crippen LogP) is 0.877. The Morgan fingerprint density at radius 2 is 2.12 bits per heavy atom. The summed E-state index contributed by atoms with van der Waals surface area (Å²) in [5, 5.41) is 6.54. The van der Waals surface area contributed by atoms with Crippen molar-refractivity contribution in [2.75, 3.05) is 33.3 Å². The normalized spacial score (nSPS) is 26.4. The van der Waals surface area contributed by atoms with Crippen molar-refractivity contribution in [2.45, 2.75) is 11.5 Å². The van der Waals surface area contributed by atoms with Gasteiger partial charge in [0, 0.05) is 32.3 Å². The molecule has 7 nitrogen and oxygen atoms in total. The van der Waals surface area contributed by atoms with Crippen molar-refractivity contribution in [3.05, 3.63) is 53.9 Å². The van der Waals surface area contributed by atoms with Gasteiger partial charge in [0.2, 0.25) is 0 Å². The monoisotopic (exact) mass is 340 g/mol. The van der Waals surface area contributed by atoms with Crippen LogP contribution in [0.15, 0.2) is 42.6 Å². The number of ether oxygens (including phenoxy) is 1. The quantitative estimate of drug-likeness (QED) is 0.880. The van der Waals surface area contributed by atoms with E-state index in [0.717, 1.165) is 5.56 Å². The fourth-order valence-corrected chi connectivity index (χ4v) is 3.84. The van der Waals surface area contributed by atoms with E-state index < -0.39 is 5.60 Å². The number of likely N-dealkylation sites (tertiary alicyclic amines) is 1. The number of carbonyl (C=O) groups excluding carboxylic acids is 2. The molecule has 0 bridgehead atoms. The van der Waals surface area contributed by atoms with Gasteiger partial charge in [-0.3, -0.25) is 14.7 Å². The zero-order chi connectivity index (χ0) is 17.4. The summed E-state index contributed by atoms with van der Waals surface area (Å²) in [6.07, 6.45) is 1.55. The fraction of sp³-hybridized carbons (Fsp3) is 0.389. The first-order chi connectivity index (χ1) is 12.1. The molecule has 7 heteroatoms. The maximum Gasteiger partial charge on any atom is 0.272 e. The summed E-state index contributed by atoms with van der Waals surface area (Å²) >= 11 is 0. The molecule has 2 amide bonds. The van der Waals surface area contributed by atoms with Crippen LogP contribution >= 0.6 is 0 Å². The number of aromatic nitrogens is 2. The van der Waals surface area contributed by atoms with Crippen molar-refractivity contribution >= 4 is 11.8 Å². The van der Waals surface area contributed by atoms with Crippen LogP contribution < -0.4 is 0 Å². The number of nitrogens with zero attached hydrogens (tertiary/aromatic N) is 3. The minimum atomic E-state index is -1.02. The number of carbonyl (C=O) groups is 2. The summed E-state index contributed by atoms with van der Waals surface area (Å²) in [6.45, 7) is 1.61. The molecule has 2 aliphatic rings. The summed E-state index contributed by atoms with van der Waals surface area (Å²) < 4.78 is 6.06. The molecule has 1 spiro atoms. The van der Waals surface area contributed by atoms with Gasteiger partial charge in [0.25, 0.3) is 11.8 Å². The number of aromatic amines is 1. The Kier molecular flexibility index (Phi) is 3.80. The molecular weight excluding hydrogens is 320 g/mol. The van der Waals surface area contributed by atoms with Crippen LogP contribution in [0.4, 0.5) is 0 Å². The van der Waals surface area contributed by atoms with Gasteiger partial charge in [-0.1, -0.05) is 30.3 Å². The minimum absolute atomic E-state index is 0.0662. The summed E-state index contributed by atoms with van der Waals surface area (Å²) in [6, 6.07) is 11.5. The fourth-order valence-electron chi connectivity index (χ4n) is 3.84. The van der Waals surface area contributed by atoms with Crippen LogP contribution in [0.25, 0.3) is 0 Å². The third kappa shape index (κ3) is 2.51. The van der Waals surface area contributed by atoms with E-state index in [1.54, 1.807) is 29.1 Å². The molecule has 1 N–H and O–H groups in total. The Hall–Kier alpha value is -2.67. The molecule has 2 saturated heterocycles. The minimum Gasteiger partial charge on any atom is -0.361 e. The predicted molar refractivity (Wildman–Crippen MR) is 90.0 cm³/mol. The van der Waals surface area contributed by atoms with Crippen LogP contribution in [-0.2, 0) is 9.53 Å². The smallest absolute Gasteiger partial charge is 0.272 e. The van der Waals surface area contributed by atoms with Gasteiger partial charge < -0.3 is 14.5 Å². The molecule has 25 heavy (non-hydrogen) atoms. The molecule has 2 unspecified atom stereocenters. The highest BCUT2D eigenvalue weighted by Crippen LogP contribution is 2.41. The van der Waals surface area contributed by atoms with Crippen LogP contribution in [0.1, 0.15) is 22.0 Å². The van der Waals surface area contributed by atoms with Crippen molar-refractivity contribution in [1.29, 1.82) is 0 Å². The first-order valence-electron chi connectivity index (χ1n) is 8.35. The Morgan fingerprint density at radius 1 is 1.32 bits per heavy atom. The first-order valence-corrected chi connectivity index (χ1v) is 8.35. The van der Waals surface area contributed by atoms with Gasteiger partial charge in [-0.2, -0.15) is 5.10 Å². The highest BCUT2D eigenvalue weighted by atomic mass is 16.5. The number of morpholine rings is 1. The number of amides is 2. The Bertz CT molecular complexity index is 777. The lowest BCUT2D eigenvalue weighted by atomic mass is 9.83. The largest absolute Gasteiger partial charge is 0.361 e. The maximum absolute atomic E-state index is 13.0. The van der Waals surface area contributed by atoms with Gasteiger partial charge in [-0.25, -0.2) is 0 Å². The van der Waals surface area contributed by atoms with Gasteiger partial charge in [0.05, 0.1) is 13.2 Å². The molecule has 2 atom stereocenters. The van der Waals surface area contributed by atoms with Crippen molar-refractivity contribution in [3.8, 4) is 0 Å². The number of hydrogen-bond acceptors (Lipinski definition) is 4. The molecule has 3 heterocycles. The average Bonchev–Trinajstić information content (AvgIpc) is 3.26. The van der Waals surface area contributed by atoms with E-state index in [1.165, 1.54) is 0 Å². The molecule has 2 fully saturated rings. The van der Waals surface area contributed by atoms with Gasteiger partial charge >= 0.3 is 0 Å². The number of hydrogen-bond donors (Lipinski definition) is 1. The number of rotatable bonds is 2. The van der Waals surface area contributed by atoms with E-state index in [0.29, 0.717) is 25.4 Å². The third-order valence-corrected chi connectivity index (χ3v) is 5.09. The van der Waals surface area contributed by atoms with Crippen LogP contribution in [0.5, 0.6) is 0 Å². The number of nitrogens with one attached hydrogen (secondary N) is 1. The maximum atomic E-state index is 13.0. The van der Waals surface area contributed by atoms with E-state index in [9.17, 15) is 9.59 Å². The number of H-pyrrole nitrogens is 1. The second-order valence-corrected chi connectivity index (χ2v) is 6.58. The highest BCUT2D eigenvalue weighted by Gasteiger charge is 2.57. The molecule has 1 aromatic heterocycles. The molecule has 1 aromatic carbocycles. The van der Waals surface area contributed by atoms with E-state index in [4.69, 9.17) is 4.74 Å². The summed E-state index contributed by atoms with van der Waals surface area (Å²) in [5.41, 5.74) is 0.451. The Balaban J connectivity index is 1.68. The molecule has 0 aliphatic carbocycles. The molecule has 2 aromatic rings. The SMILES string of the molecule is CN1CC(c2ccccc2)C2(CN(C(=O)c3ccn[nH]3)CCO2)C1=O. The van der Waals surface area contributed by atoms with Crippen molar-refractivity contribution < 1.29 is 14.3 Å². The lowest BCUT2D eigenvalue weighted by Gasteiger charge is -2.41. The summed E-state index contributed by atoms with van der Waals surface area (Å²) in [7, 11) is 1.78. The number of benzene rings is 1. The van der Waals surface area contributed by atoms with Gasteiger partial charge in [0.15, 0.2) is 5.60 Å². The zero-order valence-electron chi connectivity index (χ0n) is 14.0. The lowest BCUT2D eigenvalue weighted by molar-refractivity contribution is -0.159. The van der Waals surface area contributed by atoms with Crippen molar-refractivity contribution in [1.82, 2.24) is 20.0 Å². The van der Waals surface area contributed by atoms with Crippen LogP contribution in [0.2, 0.25) is 0 Å². The molecule has 130 valence electrons. The van der Waals surface area contributed by atoms with Crippen molar-refractivity contribution in [3.63, 3.8) is 0 Å². The molecule has 2 aliphatic heterocycles. The van der Waals surface area contributed by atoms with E-state index in [-0.39, 0.29) is 24.3 Å². The Morgan fingerprint density at radius 3 is 2.84 bits per heavy atom. The van der Waals surface area contributed by atoms with E-state index >= 15 is 0 Å². The van der Waals surface area contributed by atoms with Gasteiger partial charge in [-0.05, 0) is 11.6 Å².